The van der Waals surface area contributed by atoms with Crippen molar-refractivity contribution < 1.29 is 19.1 Å². The summed E-state index contributed by atoms with van der Waals surface area (Å²) >= 11 is 0. The molecule has 0 fully saturated rings. The lowest BCUT2D eigenvalue weighted by Gasteiger charge is -2.29. The number of ether oxygens (including phenoxy) is 2. The highest BCUT2D eigenvalue weighted by Crippen LogP contribution is 2.33. The van der Waals surface area contributed by atoms with Gasteiger partial charge in [-0.15, -0.1) is 0 Å². The van der Waals surface area contributed by atoms with Crippen LogP contribution in [0.25, 0.3) is 0 Å². The van der Waals surface area contributed by atoms with E-state index in [4.69, 9.17) is 9.47 Å². The molecule has 23 heavy (non-hydrogen) atoms. The molecule has 1 aliphatic heterocycles. The Labute approximate surface area is 135 Å². The van der Waals surface area contributed by atoms with Gasteiger partial charge in [0, 0.05) is 11.3 Å². The van der Waals surface area contributed by atoms with Crippen LogP contribution in [0.5, 0.6) is 5.75 Å². The van der Waals surface area contributed by atoms with Crippen LogP contribution < -0.4 is 15.4 Å². The quantitative estimate of drug-likeness (QED) is 0.818. The predicted octanol–water partition coefficient (Wildman–Crippen LogP) is 2.52. The molecule has 6 nitrogen and oxygen atoms in total. The molecule has 0 saturated carbocycles. The molecule has 2 rings (SSSR count). The number of hydrogen-bond acceptors (Lipinski definition) is 4. The van der Waals surface area contributed by atoms with Gasteiger partial charge in [-0.1, -0.05) is 32.0 Å². The highest BCUT2D eigenvalue weighted by molar-refractivity contribution is 5.95. The summed E-state index contributed by atoms with van der Waals surface area (Å²) in [5.41, 5.74) is 1.58. The number of carbonyl (C=O) groups is 2. The summed E-state index contributed by atoms with van der Waals surface area (Å²) in [6.07, 6.45) is 0. The van der Waals surface area contributed by atoms with Crippen LogP contribution >= 0.6 is 0 Å². The smallest absolute Gasteiger partial charge is 0.338 e. The molecule has 1 heterocycles. The number of allylic oxidation sites excluding steroid dienone is 1. The molecule has 0 aliphatic carbocycles. The second kappa shape index (κ2) is 7.17. The molecular weight excluding hydrogens is 296 g/mol. The molecule has 1 atom stereocenters. The van der Waals surface area contributed by atoms with Crippen LogP contribution in [-0.2, 0) is 9.53 Å². The number of methoxy groups -OCH3 is 1. The number of carbonyl (C=O) groups excluding carboxylic acids is 2. The van der Waals surface area contributed by atoms with Crippen molar-refractivity contribution in [2.24, 2.45) is 5.92 Å². The topological polar surface area (TPSA) is 76.7 Å². The minimum absolute atomic E-state index is 0.232. The van der Waals surface area contributed by atoms with Crippen molar-refractivity contribution in [3.63, 3.8) is 0 Å². The molecule has 1 aromatic rings. The number of rotatable bonds is 5. The van der Waals surface area contributed by atoms with E-state index in [1.807, 2.05) is 32.0 Å². The summed E-state index contributed by atoms with van der Waals surface area (Å²) < 4.78 is 10.7. The van der Waals surface area contributed by atoms with Gasteiger partial charge in [-0.05, 0) is 18.9 Å². The third-order valence-corrected chi connectivity index (χ3v) is 3.49. The Bertz CT molecular complexity index is 637. The van der Waals surface area contributed by atoms with E-state index >= 15 is 0 Å². The van der Waals surface area contributed by atoms with Gasteiger partial charge in [0.25, 0.3) is 0 Å². The van der Waals surface area contributed by atoms with Crippen LogP contribution in [0.1, 0.15) is 32.4 Å². The highest BCUT2D eigenvalue weighted by Gasteiger charge is 2.33. The van der Waals surface area contributed by atoms with Gasteiger partial charge >= 0.3 is 12.0 Å². The first-order valence-electron chi connectivity index (χ1n) is 7.52. The lowest BCUT2D eigenvalue weighted by Crippen LogP contribution is -2.45. The number of amides is 2. The normalized spacial score (nSPS) is 17.6. The zero-order valence-electron chi connectivity index (χ0n) is 13.8. The molecule has 0 saturated heterocycles. The fourth-order valence-electron chi connectivity index (χ4n) is 2.42. The number of benzene rings is 1. The van der Waals surface area contributed by atoms with Gasteiger partial charge in [0.1, 0.15) is 5.75 Å². The standard InChI is InChI=1S/C17H22N2O4/c1-10(2)9-23-16(20)14-11(3)18-17(21)19-15(14)12-7-5-6-8-13(12)22-4/h5-8,10,15H,9H2,1-4H3,(H2,18,19,21)/t15-/m1/s1. The number of hydrogen-bond donors (Lipinski definition) is 2. The van der Waals surface area contributed by atoms with Gasteiger partial charge in [0.15, 0.2) is 0 Å². The molecule has 2 N–H and O–H groups in total. The van der Waals surface area contributed by atoms with Crippen LogP contribution in [0.4, 0.5) is 4.79 Å². The molecule has 0 unspecified atom stereocenters. The average Bonchev–Trinajstić information content (AvgIpc) is 2.51. The second-order valence-electron chi connectivity index (χ2n) is 5.80. The molecule has 1 aliphatic rings. The zero-order chi connectivity index (χ0) is 17.0. The van der Waals surface area contributed by atoms with Gasteiger partial charge in [-0.3, -0.25) is 0 Å². The molecule has 0 aromatic heterocycles. The zero-order valence-corrected chi connectivity index (χ0v) is 13.8. The van der Waals surface area contributed by atoms with E-state index in [9.17, 15) is 9.59 Å². The maximum Gasteiger partial charge on any atom is 0.338 e. The van der Waals surface area contributed by atoms with Gasteiger partial charge in [0.2, 0.25) is 0 Å². The average molecular weight is 318 g/mol. The van der Waals surface area contributed by atoms with Crippen LogP contribution in [0.3, 0.4) is 0 Å². The maximum absolute atomic E-state index is 12.5. The summed E-state index contributed by atoms with van der Waals surface area (Å²) in [6, 6.07) is 6.30. The third kappa shape index (κ3) is 3.83. The Hall–Kier alpha value is -2.50. The first-order valence-corrected chi connectivity index (χ1v) is 7.52. The summed E-state index contributed by atoms with van der Waals surface area (Å²) in [4.78, 5) is 24.3. The van der Waals surface area contributed by atoms with Crippen molar-refractivity contribution in [3.8, 4) is 5.75 Å². The summed E-state index contributed by atoms with van der Waals surface area (Å²) in [5.74, 6) is 0.386. The Morgan fingerprint density at radius 3 is 2.65 bits per heavy atom. The third-order valence-electron chi connectivity index (χ3n) is 3.49. The molecule has 1 aromatic carbocycles. The lowest BCUT2D eigenvalue weighted by atomic mass is 9.95. The van der Waals surface area contributed by atoms with Crippen molar-refractivity contribution in [1.82, 2.24) is 10.6 Å². The van der Waals surface area contributed by atoms with E-state index in [0.717, 1.165) is 0 Å². The molecule has 0 bridgehead atoms. The summed E-state index contributed by atoms with van der Waals surface area (Å²) in [7, 11) is 1.55. The Kier molecular flexibility index (Phi) is 5.26. The van der Waals surface area contributed by atoms with E-state index in [2.05, 4.69) is 10.6 Å². The molecule has 6 heteroatoms. The van der Waals surface area contributed by atoms with Crippen LogP contribution in [0.15, 0.2) is 35.5 Å². The van der Waals surface area contributed by atoms with Crippen molar-refractivity contribution >= 4 is 12.0 Å². The van der Waals surface area contributed by atoms with Gasteiger partial charge in [-0.25, -0.2) is 9.59 Å². The van der Waals surface area contributed by atoms with Crippen LogP contribution in [0.2, 0.25) is 0 Å². The molecule has 2 amide bonds. The summed E-state index contributed by atoms with van der Waals surface area (Å²) in [5, 5.41) is 5.39. The fraction of sp³-hybridized carbons (Fsp3) is 0.412. The van der Waals surface area contributed by atoms with Crippen molar-refractivity contribution in [3.05, 3.63) is 41.1 Å². The first kappa shape index (κ1) is 16.9. The molecule has 0 spiro atoms. The van der Waals surface area contributed by atoms with E-state index < -0.39 is 12.0 Å². The van der Waals surface area contributed by atoms with E-state index in [-0.39, 0.29) is 11.9 Å². The highest BCUT2D eigenvalue weighted by atomic mass is 16.5. The number of urea groups is 1. The Morgan fingerprint density at radius 2 is 2.00 bits per heavy atom. The Morgan fingerprint density at radius 1 is 1.30 bits per heavy atom. The largest absolute Gasteiger partial charge is 0.496 e. The second-order valence-corrected chi connectivity index (χ2v) is 5.80. The first-order chi connectivity index (χ1) is 10.9. The van der Waals surface area contributed by atoms with Gasteiger partial charge < -0.3 is 20.1 Å². The maximum atomic E-state index is 12.5. The Balaban J connectivity index is 2.40. The van der Waals surface area contributed by atoms with Crippen LogP contribution in [-0.4, -0.2) is 25.7 Å². The lowest BCUT2D eigenvalue weighted by molar-refractivity contribution is -0.140. The SMILES string of the molecule is COc1ccccc1[C@H]1NC(=O)NC(C)=C1C(=O)OCC(C)C. The van der Waals surface area contributed by atoms with Gasteiger partial charge in [-0.2, -0.15) is 0 Å². The van der Waals surface area contributed by atoms with E-state index in [1.54, 1.807) is 20.1 Å². The predicted molar refractivity (Wildman–Crippen MR) is 85.9 cm³/mol. The monoisotopic (exact) mass is 318 g/mol. The minimum atomic E-state index is -0.612. The fourth-order valence-corrected chi connectivity index (χ4v) is 2.42. The molecular formula is C17H22N2O4. The minimum Gasteiger partial charge on any atom is -0.496 e. The van der Waals surface area contributed by atoms with Gasteiger partial charge in [0.05, 0.1) is 25.3 Å². The van der Waals surface area contributed by atoms with E-state index in [0.29, 0.717) is 29.2 Å². The molecule has 124 valence electrons. The number of nitrogens with one attached hydrogen (secondary N) is 2. The summed E-state index contributed by atoms with van der Waals surface area (Å²) in [6.45, 7) is 5.94. The molecule has 0 radical (unpaired) electrons. The van der Waals surface area contributed by atoms with Crippen molar-refractivity contribution in [2.45, 2.75) is 26.8 Å². The van der Waals surface area contributed by atoms with Crippen LogP contribution in [0, 0.1) is 5.92 Å². The number of esters is 1. The van der Waals surface area contributed by atoms with Crippen molar-refractivity contribution in [2.75, 3.05) is 13.7 Å². The van der Waals surface area contributed by atoms with E-state index in [1.165, 1.54) is 0 Å². The number of para-hydroxylation sites is 1. The van der Waals surface area contributed by atoms with Crippen molar-refractivity contribution in [1.29, 1.82) is 0 Å².